The van der Waals surface area contributed by atoms with Crippen LogP contribution in [0.25, 0.3) is 0 Å². The number of aliphatic hydroxyl groups excluding tert-OH is 1. The standard InChI is InChI=1S/C11H17NO4S/c1-16-7-8(4-5-13)12-6-9-2-3-10(17-9)11(14)15/h2-3,8,12-13H,4-7H2,1H3,(H,14,15). The highest BCUT2D eigenvalue weighted by molar-refractivity contribution is 7.13. The number of hydrogen-bond donors (Lipinski definition) is 3. The van der Waals surface area contributed by atoms with E-state index in [0.29, 0.717) is 24.4 Å². The Labute approximate surface area is 104 Å². The number of carbonyl (C=O) groups is 1. The summed E-state index contributed by atoms with van der Waals surface area (Å²) in [4.78, 5) is 12.0. The first-order chi connectivity index (χ1) is 8.17. The smallest absolute Gasteiger partial charge is 0.345 e. The number of methoxy groups -OCH3 is 1. The van der Waals surface area contributed by atoms with E-state index in [1.165, 1.54) is 11.3 Å². The molecule has 0 aliphatic rings. The molecule has 0 aliphatic heterocycles. The normalized spacial score (nSPS) is 12.6. The van der Waals surface area contributed by atoms with Crippen LogP contribution < -0.4 is 5.32 Å². The van der Waals surface area contributed by atoms with Gasteiger partial charge in [0.05, 0.1) is 6.61 Å². The molecule has 0 radical (unpaired) electrons. The van der Waals surface area contributed by atoms with Crippen molar-refractivity contribution in [3.05, 3.63) is 21.9 Å². The zero-order valence-electron chi connectivity index (χ0n) is 9.68. The molecule has 17 heavy (non-hydrogen) atoms. The van der Waals surface area contributed by atoms with E-state index >= 15 is 0 Å². The number of aliphatic hydroxyl groups is 1. The van der Waals surface area contributed by atoms with Crippen molar-refractivity contribution in [2.45, 2.75) is 19.0 Å². The second-order valence-corrected chi connectivity index (χ2v) is 4.78. The van der Waals surface area contributed by atoms with Crippen molar-refractivity contribution < 1.29 is 19.7 Å². The number of rotatable bonds is 8. The molecule has 0 amide bonds. The molecule has 0 saturated carbocycles. The summed E-state index contributed by atoms with van der Waals surface area (Å²) < 4.78 is 5.02. The molecule has 96 valence electrons. The predicted molar refractivity (Wildman–Crippen MR) is 65.5 cm³/mol. The van der Waals surface area contributed by atoms with Crippen LogP contribution in [0.15, 0.2) is 12.1 Å². The van der Waals surface area contributed by atoms with Gasteiger partial charge in [-0.1, -0.05) is 0 Å². The van der Waals surface area contributed by atoms with Crippen LogP contribution in [-0.4, -0.2) is 42.5 Å². The van der Waals surface area contributed by atoms with E-state index in [0.717, 1.165) is 4.88 Å². The number of carboxylic acids is 1. The highest BCUT2D eigenvalue weighted by Gasteiger charge is 2.10. The Morgan fingerprint density at radius 2 is 2.35 bits per heavy atom. The van der Waals surface area contributed by atoms with Crippen molar-refractivity contribution in [1.82, 2.24) is 5.32 Å². The number of hydrogen-bond acceptors (Lipinski definition) is 5. The highest BCUT2D eigenvalue weighted by Crippen LogP contribution is 2.16. The summed E-state index contributed by atoms with van der Waals surface area (Å²) in [5, 5.41) is 20.9. The molecule has 1 rings (SSSR count). The molecule has 1 heterocycles. The first-order valence-electron chi connectivity index (χ1n) is 5.32. The van der Waals surface area contributed by atoms with Gasteiger partial charge in [0.2, 0.25) is 0 Å². The number of nitrogens with one attached hydrogen (secondary N) is 1. The molecular weight excluding hydrogens is 242 g/mol. The van der Waals surface area contributed by atoms with Gasteiger partial charge in [-0.25, -0.2) is 4.79 Å². The minimum Gasteiger partial charge on any atom is -0.477 e. The van der Waals surface area contributed by atoms with Crippen molar-refractivity contribution in [3.8, 4) is 0 Å². The summed E-state index contributed by atoms with van der Waals surface area (Å²) in [5.41, 5.74) is 0. The van der Waals surface area contributed by atoms with Crippen molar-refractivity contribution in [2.24, 2.45) is 0 Å². The number of aromatic carboxylic acids is 1. The molecule has 6 heteroatoms. The van der Waals surface area contributed by atoms with Crippen LogP contribution in [0.4, 0.5) is 0 Å². The van der Waals surface area contributed by atoms with Crippen molar-refractivity contribution in [2.75, 3.05) is 20.3 Å². The van der Waals surface area contributed by atoms with E-state index in [1.54, 1.807) is 19.2 Å². The lowest BCUT2D eigenvalue weighted by atomic mass is 10.2. The first kappa shape index (κ1) is 14.1. The highest BCUT2D eigenvalue weighted by atomic mass is 32.1. The third-order valence-electron chi connectivity index (χ3n) is 2.28. The van der Waals surface area contributed by atoms with Gasteiger partial charge in [-0.3, -0.25) is 0 Å². The fraction of sp³-hybridized carbons (Fsp3) is 0.545. The summed E-state index contributed by atoms with van der Waals surface area (Å²) in [6.07, 6.45) is 0.616. The van der Waals surface area contributed by atoms with Crippen molar-refractivity contribution >= 4 is 17.3 Å². The third kappa shape index (κ3) is 4.82. The average Bonchev–Trinajstić information content (AvgIpc) is 2.75. The Kier molecular flexibility index (Phi) is 6.13. The van der Waals surface area contributed by atoms with Crippen LogP contribution in [0.2, 0.25) is 0 Å². The van der Waals surface area contributed by atoms with Crippen LogP contribution in [0.1, 0.15) is 21.0 Å². The Morgan fingerprint density at radius 1 is 1.59 bits per heavy atom. The number of carboxylic acid groups (broad SMARTS) is 1. The van der Waals surface area contributed by atoms with Crippen LogP contribution >= 0.6 is 11.3 Å². The fourth-order valence-electron chi connectivity index (χ4n) is 1.43. The van der Waals surface area contributed by atoms with Gasteiger partial charge in [-0.2, -0.15) is 0 Å². The lowest BCUT2D eigenvalue weighted by molar-refractivity contribution is 0.0702. The minimum absolute atomic E-state index is 0.0837. The zero-order valence-corrected chi connectivity index (χ0v) is 10.5. The van der Waals surface area contributed by atoms with E-state index in [-0.39, 0.29) is 12.6 Å². The average molecular weight is 259 g/mol. The third-order valence-corrected chi connectivity index (χ3v) is 3.36. The Bertz CT molecular complexity index is 347. The lowest BCUT2D eigenvalue weighted by Gasteiger charge is -2.15. The molecule has 0 fully saturated rings. The van der Waals surface area contributed by atoms with Crippen molar-refractivity contribution in [3.63, 3.8) is 0 Å². The summed E-state index contributed by atoms with van der Waals surface area (Å²) in [5.74, 6) is -0.898. The largest absolute Gasteiger partial charge is 0.477 e. The number of thiophene rings is 1. The van der Waals surface area contributed by atoms with Crippen LogP contribution in [0.3, 0.4) is 0 Å². The topological polar surface area (TPSA) is 78.8 Å². The minimum atomic E-state index is -0.898. The van der Waals surface area contributed by atoms with E-state index in [1.807, 2.05) is 0 Å². The first-order valence-corrected chi connectivity index (χ1v) is 6.14. The SMILES string of the molecule is COCC(CCO)NCc1ccc(C(=O)O)s1. The fourth-order valence-corrected chi connectivity index (χ4v) is 2.23. The summed E-state index contributed by atoms with van der Waals surface area (Å²) >= 11 is 1.25. The molecule has 0 bridgehead atoms. The van der Waals surface area contributed by atoms with E-state index < -0.39 is 5.97 Å². The quantitative estimate of drug-likeness (QED) is 0.647. The van der Waals surface area contributed by atoms with Gasteiger partial charge >= 0.3 is 5.97 Å². The molecule has 1 atom stereocenters. The van der Waals surface area contributed by atoms with Crippen LogP contribution in [-0.2, 0) is 11.3 Å². The number of ether oxygens (including phenoxy) is 1. The lowest BCUT2D eigenvalue weighted by Crippen LogP contribution is -2.33. The Morgan fingerprint density at radius 3 is 2.88 bits per heavy atom. The monoisotopic (exact) mass is 259 g/mol. The van der Waals surface area contributed by atoms with Gasteiger partial charge in [0.15, 0.2) is 0 Å². The molecule has 3 N–H and O–H groups in total. The second-order valence-electron chi connectivity index (χ2n) is 3.62. The molecule has 0 aromatic carbocycles. The van der Waals surface area contributed by atoms with Crippen molar-refractivity contribution in [1.29, 1.82) is 0 Å². The van der Waals surface area contributed by atoms with E-state index in [2.05, 4.69) is 5.32 Å². The molecule has 0 aliphatic carbocycles. The second kappa shape index (κ2) is 7.39. The summed E-state index contributed by atoms with van der Waals surface area (Å²) in [6, 6.07) is 3.48. The summed E-state index contributed by atoms with van der Waals surface area (Å²) in [7, 11) is 1.61. The van der Waals surface area contributed by atoms with E-state index in [4.69, 9.17) is 14.9 Å². The molecule has 1 unspecified atom stereocenters. The molecule has 1 aromatic rings. The zero-order chi connectivity index (χ0) is 12.7. The van der Waals surface area contributed by atoms with Gasteiger partial charge in [0, 0.05) is 31.2 Å². The molecule has 1 aromatic heterocycles. The van der Waals surface area contributed by atoms with Gasteiger partial charge in [-0.15, -0.1) is 11.3 Å². The van der Waals surface area contributed by atoms with Gasteiger partial charge in [-0.05, 0) is 18.6 Å². The summed E-state index contributed by atoms with van der Waals surface area (Å²) in [6.45, 7) is 1.22. The van der Waals surface area contributed by atoms with Gasteiger partial charge < -0.3 is 20.3 Å². The predicted octanol–water partition coefficient (Wildman–Crippen LogP) is 0.933. The Balaban J connectivity index is 2.44. The van der Waals surface area contributed by atoms with Crippen LogP contribution in [0.5, 0.6) is 0 Å². The van der Waals surface area contributed by atoms with E-state index in [9.17, 15) is 4.79 Å². The van der Waals surface area contributed by atoms with Gasteiger partial charge in [0.1, 0.15) is 4.88 Å². The molecule has 0 saturated heterocycles. The maximum atomic E-state index is 10.7. The maximum absolute atomic E-state index is 10.7. The van der Waals surface area contributed by atoms with Crippen LogP contribution in [0, 0.1) is 0 Å². The molecule has 0 spiro atoms. The molecule has 5 nitrogen and oxygen atoms in total. The Hall–Kier alpha value is -0.950. The van der Waals surface area contributed by atoms with Gasteiger partial charge in [0.25, 0.3) is 0 Å². The molecular formula is C11H17NO4S. The maximum Gasteiger partial charge on any atom is 0.345 e.